The minimum Gasteiger partial charge on any atom is -0.351 e. The van der Waals surface area contributed by atoms with Gasteiger partial charge in [0.15, 0.2) is 0 Å². The molecule has 0 saturated heterocycles. The summed E-state index contributed by atoms with van der Waals surface area (Å²) in [6, 6.07) is 0. The van der Waals surface area contributed by atoms with E-state index in [-0.39, 0.29) is 5.91 Å². The van der Waals surface area contributed by atoms with Crippen LogP contribution >= 0.6 is 23.4 Å². The number of nitrogens with one attached hydrogen (secondary N) is 1. The van der Waals surface area contributed by atoms with Gasteiger partial charge in [0.05, 0.1) is 12.4 Å². The largest absolute Gasteiger partial charge is 0.351 e. The van der Waals surface area contributed by atoms with Gasteiger partial charge in [0.1, 0.15) is 10.8 Å². The Bertz CT molecular complexity index is 345. The van der Waals surface area contributed by atoms with Crippen molar-refractivity contribution >= 4 is 29.3 Å². The molecule has 1 aromatic heterocycles. The summed E-state index contributed by atoms with van der Waals surface area (Å²) in [5.41, 5.74) is 0.304. The first-order valence-electron chi connectivity index (χ1n) is 5.48. The van der Waals surface area contributed by atoms with Gasteiger partial charge in [-0.3, -0.25) is 4.79 Å². The molecule has 6 heteroatoms. The number of unbranched alkanes of at least 4 members (excludes halogenated alkanes) is 2. The molecule has 1 N–H and O–H groups in total. The third-order valence-corrected chi connectivity index (χ3v) is 3.06. The van der Waals surface area contributed by atoms with Gasteiger partial charge in [-0.25, -0.2) is 9.97 Å². The lowest BCUT2D eigenvalue weighted by Crippen LogP contribution is -2.25. The lowest BCUT2D eigenvalue weighted by atomic mass is 10.2. The van der Waals surface area contributed by atoms with Crippen molar-refractivity contribution in [1.82, 2.24) is 15.3 Å². The van der Waals surface area contributed by atoms with Gasteiger partial charge in [0, 0.05) is 6.54 Å². The molecule has 17 heavy (non-hydrogen) atoms. The molecule has 1 rings (SSSR count). The molecular weight excluding hydrogens is 258 g/mol. The molecule has 0 radical (unpaired) electrons. The number of halogens is 1. The molecule has 1 heterocycles. The van der Waals surface area contributed by atoms with Crippen molar-refractivity contribution < 1.29 is 4.79 Å². The monoisotopic (exact) mass is 273 g/mol. The third kappa shape index (κ3) is 5.89. The zero-order valence-corrected chi connectivity index (χ0v) is 11.4. The van der Waals surface area contributed by atoms with Gasteiger partial charge in [-0.15, -0.1) is 0 Å². The second kappa shape index (κ2) is 8.31. The Balaban J connectivity index is 2.19. The van der Waals surface area contributed by atoms with E-state index in [1.54, 1.807) is 0 Å². The van der Waals surface area contributed by atoms with Gasteiger partial charge in [-0.1, -0.05) is 18.0 Å². The van der Waals surface area contributed by atoms with Gasteiger partial charge in [-0.2, -0.15) is 11.8 Å². The summed E-state index contributed by atoms with van der Waals surface area (Å²) in [5, 5.41) is 3.09. The SMILES string of the molecule is CSCCCCCNC(=O)c1cnc(Cl)cn1. The zero-order valence-electron chi connectivity index (χ0n) is 9.78. The van der Waals surface area contributed by atoms with E-state index in [2.05, 4.69) is 21.5 Å². The highest BCUT2D eigenvalue weighted by Gasteiger charge is 2.06. The summed E-state index contributed by atoms with van der Waals surface area (Å²) in [5.74, 6) is 0.982. The van der Waals surface area contributed by atoms with Crippen LogP contribution in [0.2, 0.25) is 5.15 Å². The van der Waals surface area contributed by atoms with Crippen LogP contribution < -0.4 is 5.32 Å². The number of carbonyl (C=O) groups is 1. The highest BCUT2D eigenvalue weighted by atomic mass is 35.5. The van der Waals surface area contributed by atoms with Crippen molar-refractivity contribution in [3.63, 3.8) is 0 Å². The Morgan fingerprint density at radius 3 is 2.82 bits per heavy atom. The van der Waals surface area contributed by atoms with E-state index in [0.717, 1.165) is 12.8 Å². The van der Waals surface area contributed by atoms with Gasteiger partial charge in [0.25, 0.3) is 5.91 Å². The Hall–Kier alpha value is -0.810. The molecule has 0 aliphatic carbocycles. The molecule has 0 aliphatic heterocycles. The maximum atomic E-state index is 11.6. The molecule has 0 fully saturated rings. The fourth-order valence-electron chi connectivity index (χ4n) is 1.27. The van der Waals surface area contributed by atoms with Crippen LogP contribution in [0.25, 0.3) is 0 Å². The predicted molar refractivity (Wildman–Crippen MR) is 71.6 cm³/mol. The number of carbonyl (C=O) groups excluding carboxylic acids is 1. The minimum absolute atomic E-state index is 0.195. The number of amides is 1. The zero-order chi connectivity index (χ0) is 12.5. The van der Waals surface area contributed by atoms with Gasteiger partial charge < -0.3 is 5.32 Å². The first-order valence-corrected chi connectivity index (χ1v) is 7.26. The van der Waals surface area contributed by atoms with Crippen LogP contribution in [0, 0.1) is 0 Å². The molecule has 1 aromatic rings. The van der Waals surface area contributed by atoms with Gasteiger partial charge in [0.2, 0.25) is 0 Å². The highest BCUT2D eigenvalue weighted by Crippen LogP contribution is 2.03. The first kappa shape index (κ1) is 14.3. The van der Waals surface area contributed by atoms with Crippen LogP contribution in [0.3, 0.4) is 0 Å². The Morgan fingerprint density at radius 1 is 1.35 bits per heavy atom. The summed E-state index contributed by atoms with van der Waals surface area (Å²) < 4.78 is 0. The van der Waals surface area contributed by atoms with Crippen molar-refractivity contribution in [1.29, 1.82) is 0 Å². The van der Waals surface area contributed by atoms with Crippen molar-refractivity contribution in [2.24, 2.45) is 0 Å². The molecule has 0 spiro atoms. The summed E-state index contributed by atoms with van der Waals surface area (Å²) >= 11 is 7.43. The second-order valence-corrected chi connectivity index (χ2v) is 4.91. The topological polar surface area (TPSA) is 54.9 Å². The van der Waals surface area contributed by atoms with Crippen LogP contribution in [0.15, 0.2) is 12.4 Å². The second-order valence-electron chi connectivity index (χ2n) is 3.53. The predicted octanol–water partition coefficient (Wildman–Crippen LogP) is 2.39. The molecule has 1 amide bonds. The molecule has 0 aromatic carbocycles. The number of thioether (sulfide) groups is 1. The third-order valence-electron chi connectivity index (χ3n) is 2.16. The van der Waals surface area contributed by atoms with Crippen LogP contribution in [-0.2, 0) is 0 Å². The van der Waals surface area contributed by atoms with Crippen LogP contribution in [0.5, 0.6) is 0 Å². The van der Waals surface area contributed by atoms with Crippen molar-refractivity contribution in [2.45, 2.75) is 19.3 Å². The fraction of sp³-hybridized carbons (Fsp3) is 0.545. The van der Waals surface area contributed by atoms with E-state index in [9.17, 15) is 4.79 Å². The summed E-state index contributed by atoms with van der Waals surface area (Å²) in [6.45, 7) is 0.678. The lowest BCUT2D eigenvalue weighted by molar-refractivity contribution is 0.0947. The van der Waals surface area contributed by atoms with E-state index in [1.165, 1.54) is 24.6 Å². The van der Waals surface area contributed by atoms with E-state index < -0.39 is 0 Å². The number of hydrogen-bond donors (Lipinski definition) is 1. The van der Waals surface area contributed by atoms with Crippen LogP contribution in [0.1, 0.15) is 29.8 Å². The number of rotatable bonds is 7. The first-order chi connectivity index (χ1) is 8.24. The van der Waals surface area contributed by atoms with Crippen molar-refractivity contribution in [3.8, 4) is 0 Å². The smallest absolute Gasteiger partial charge is 0.271 e. The molecule has 0 saturated carbocycles. The molecule has 0 atom stereocenters. The number of nitrogens with zero attached hydrogens (tertiary/aromatic N) is 2. The van der Waals surface area contributed by atoms with Crippen LogP contribution in [0.4, 0.5) is 0 Å². The molecule has 0 bridgehead atoms. The van der Waals surface area contributed by atoms with E-state index in [1.807, 2.05) is 11.8 Å². The van der Waals surface area contributed by atoms with E-state index in [4.69, 9.17) is 11.6 Å². The van der Waals surface area contributed by atoms with Gasteiger partial charge in [-0.05, 0) is 24.9 Å². The minimum atomic E-state index is -0.195. The standard InChI is InChI=1S/C11H16ClN3OS/c1-17-6-4-2-3-5-13-11(16)9-7-15-10(12)8-14-9/h7-8H,2-6H2,1H3,(H,13,16). The van der Waals surface area contributed by atoms with Crippen molar-refractivity contribution in [2.75, 3.05) is 18.6 Å². The highest BCUT2D eigenvalue weighted by molar-refractivity contribution is 7.98. The van der Waals surface area contributed by atoms with Crippen molar-refractivity contribution in [3.05, 3.63) is 23.2 Å². The summed E-state index contributed by atoms with van der Waals surface area (Å²) in [6.07, 6.45) is 8.17. The summed E-state index contributed by atoms with van der Waals surface area (Å²) in [7, 11) is 0. The fourth-order valence-corrected chi connectivity index (χ4v) is 1.86. The van der Waals surface area contributed by atoms with Gasteiger partial charge >= 0.3 is 0 Å². The number of aromatic nitrogens is 2. The normalized spacial score (nSPS) is 10.2. The maximum Gasteiger partial charge on any atom is 0.271 e. The van der Waals surface area contributed by atoms with Crippen LogP contribution in [-0.4, -0.2) is 34.4 Å². The average molecular weight is 274 g/mol. The Kier molecular flexibility index (Phi) is 6.96. The average Bonchev–Trinajstić information content (AvgIpc) is 2.34. The number of hydrogen-bond acceptors (Lipinski definition) is 4. The molecule has 4 nitrogen and oxygen atoms in total. The van der Waals surface area contributed by atoms with E-state index in [0.29, 0.717) is 17.4 Å². The quantitative estimate of drug-likeness (QED) is 0.775. The maximum absolute atomic E-state index is 11.6. The molecule has 0 unspecified atom stereocenters. The molecular formula is C11H16ClN3OS. The lowest BCUT2D eigenvalue weighted by Gasteiger charge is -2.04. The molecule has 94 valence electrons. The summed E-state index contributed by atoms with van der Waals surface area (Å²) in [4.78, 5) is 19.3. The Morgan fingerprint density at radius 2 is 2.18 bits per heavy atom. The van der Waals surface area contributed by atoms with E-state index >= 15 is 0 Å². The molecule has 0 aliphatic rings. The Labute approximate surface area is 111 Å².